The van der Waals surface area contributed by atoms with Crippen molar-refractivity contribution in [3.8, 4) is 5.88 Å². The second-order valence-corrected chi connectivity index (χ2v) is 5.49. The maximum atomic E-state index is 11.2. The summed E-state index contributed by atoms with van der Waals surface area (Å²) in [5.41, 5.74) is 2.04. The molecule has 0 aliphatic heterocycles. The third kappa shape index (κ3) is 3.53. The van der Waals surface area contributed by atoms with Crippen LogP contribution >= 0.6 is 22.6 Å². The summed E-state index contributed by atoms with van der Waals surface area (Å²) in [6, 6.07) is 6.85. The minimum atomic E-state index is -0.397. The summed E-state index contributed by atoms with van der Waals surface area (Å²) < 4.78 is 6.17. The van der Waals surface area contributed by atoms with Crippen molar-refractivity contribution in [2.24, 2.45) is 0 Å². The number of nitrogens with zero attached hydrogens (tertiary/aromatic N) is 2. The highest BCUT2D eigenvalue weighted by Crippen LogP contribution is 2.27. The van der Waals surface area contributed by atoms with Gasteiger partial charge in [0.25, 0.3) is 5.69 Å². The highest BCUT2D eigenvalue weighted by molar-refractivity contribution is 14.1. The Balaban J connectivity index is 2.45. The number of benzene rings is 1. The van der Waals surface area contributed by atoms with Crippen molar-refractivity contribution in [3.05, 3.63) is 55.3 Å². The first-order chi connectivity index (χ1) is 10.6. The van der Waals surface area contributed by atoms with Crippen LogP contribution in [0.2, 0.25) is 0 Å². The van der Waals surface area contributed by atoms with Gasteiger partial charge in [0.15, 0.2) is 0 Å². The van der Waals surface area contributed by atoms with Crippen molar-refractivity contribution >= 4 is 46.1 Å². The molecular weight excluding hydrogens is 397 g/mol. The lowest BCUT2D eigenvalue weighted by atomic mass is 10.1. The van der Waals surface area contributed by atoms with E-state index in [2.05, 4.69) is 32.9 Å². The lowest BCUT2D eigenvalue weighted by molar-refractivity contribution is -0.385. The summed E-state index contributed by atoms with van der Waals surface area (Å²) in [4.78, 5) is 14.9. The van der Waals surface area contributed by atoms with Crippen LogP contribution < -0.4 is 10.1 Å². The fourth-order valence-electron chi connectivity index (χ4n) is 1.92. The molecule has 0 unspecified atom stereocenters. The van der Waals surface area contributed by atoms with E-state index in [4.69, 9.17) is 4.74 Å². The molecule has 2 rings (SSSR count). The van der Waals surface area contributed by atoms with E-state index < -0.39 is 4.92 Å². The number of hydrogen-bond acceptors (Lipinski definition) is 5. The lowest BCUT2D eigenvalue weighted by Gasteiger charge is -2.06. The number of pyridine rings is 1. The van der Waals surface area contributed by atoms with Crippen molar-refractivity contribution in [2.75, 3.05) is 19.5 Å². The Kier molecular flexibility index (Phi) is 5.31. The molecule has 6 nitrogen and oxygen atoms in total. The molecule has 0 atom stereocenters. The van der Waals surface area contributed by atoms with Gasteiger partial charge in [-0.2, -0.15) is 0 Å². The normalized spacial score (nSPS) is 10.7. The van der Waals surface area contributed by atoms with Crippen LogP contribution in [-0.2, 0) is 0 Å². The molecule has 1 aromatic heterocycles. The Bertz CT molecular complexity index is 732. The van der Waals surface area contributed by atoms with Crippen LogP contribution in [0.3, 0.4) is 0 Å². The van der Waals surface area contributed by atoms with E-state index in [-0.39, 0.29) is 5.69 Å². The minimum absolute atomic E-state index is 0.0426. The number of nitro benzene ring substituents is 1. The molecule has 0 amide bonds. The smallest absolute Gasteiger partial charge is 0.278 e. The number of methoxy groups -OCH3 is 1. The van der Waals surface area contributed by atoms with E-state index in [1.54, 1.807) is 44.6 Å². The molecule has 0 bridgehead atoms. The van der Waals surface area contributed by atoms with Crippen molar-refractivity contribution < 1.29 is 9.66 Å². The largest absolute Gasteiger partial charge is 0.481 e. The number of anilines is 1. The summed E-state index contributed by atoms with van der Waals surface area (Å²) in [5, 5.41) is 14.1. The van der Waals surface area contributed by atoms with Crippen LogP contribution in [0.1, 0.15) is 11.1 Å². The van der Waals surface area contributed by atoms with Crippen LogP contribution in [0.5, 0.6) is 5.88 Å². The van der Waals surface area contributed by atoms with Gasteiger partial charge in [-0.15, -0.1) is 0 Å². The maximum absolute atomic E-state index is 11.2. The molecule has 0 aliphatic rings. The van der Waals surface area contributed by atoms with Gasteiger partial charge in [0, 0.05) is 28.6 Å². The van der Waals surface area contributed by atoms with E-state index in [0.717, 1.165) is 9.13 Å². The zero-order valence-corrected chi connectivity index (χ0v) is 14.2. The van der Waals surface area contributed by atoms with Gasteiger partial charge in [-0.3, -0.25) is 10.1 Å². The second kappa shape index (κ2) is 7.21. The molecule has 1 aromatic carbocycles. The average Bonchev–Trinajstić information content (AvgIpc) is 2.53. The molecule has 0 saturated carbocycles. The first-order valence-electron chi connectivity index (χ1n) is 6.39. The molecule has 7 heteroatoms. The van der Waals surface area contributed by atoms with Gasteiger partial charge >= 0.3 is 0 Å². The fraction of sp³-hybridized carbons (Fsp3) is 0.133. The van der Waals surface area contributed by atoms with Gasteiger partial charge in [0.05, 0.1) is 23.2 Å². The Hall–Kier alpha value is -2.16. The van der Waals surface area contributed by atoms with Crippen molar-refractivity contribution in [1.29, 1.82) is 0 Å². The monoisotopic (exact) mass is 411 g/mol. The molecule has 114 valence electrons. The third-order valence-corrected chi connectivity index (χ3v) is 3.98. The van der Waals surface area contributed by atoms with Crippen molar-refractivity contribution in [3.63, 3.8) is 0 Å². The maximum Gasteiger partial charge on any atom is 0.278 e. The van der Waals surface area contributed by atoms with E-state index >= 15 is 0 Å². The molecule has 2 aromatic rings. The molecule has 0 fully saturated rings. The van der Waals surface area contributed by atoms with Gasteiger partial charge in [-0.1, -0.05) is 0 Å². The highest BCUT2D eigenvalue weighted by atomic mass is 127. The molecule has 0 aliphatic carbocycles. The number of aromatic nitrogens is 1. The Morgan fingerprint density at radius 3 is 2.77 bits per heavy atom. The van der Waals surface area contributed by atoms with Crippen LogP contribution in [0.25, 0.3) is 12.2 Å². The topological polar surface area (TPSA) is 77.3 Å². The highest BCUT2D eigenvalue weighted by Gasteiger charge is 2.13. The summed E-state index contributed by atoms with van der Waals surface area (Å²) >= 11 is 2.17. The summed E-state index contributed by atoms with van der Waals surface area (Å²) in [6.45, 7) is 0. The van der Waals surface area contributed by atoms with Crippen LogP contribution in [0.15, 0.2) is 30.5 Å². The summed E-state index contributed by atoms with van der Waals surface area (Å²) in [7, 11) is 3.26. The molecule has 1 heterocycles. The van der Waals surface area contributed by atoms with Gasteiger partial charge in [-0.25, -0.2) is 4.98 Å². The minimum Gasteiger partial charge on any atom is -0.481 e. The number of ether oxygens (including phenoxy) is 1. The number of rotatable bonds is 5. The lowest BCUT2D eigenvalue weighted by Crippen LogP contribution is -1.95. The van der Waals surface area contributed by atoms with E-state index in [0.29, 0.717) is 17.1 Å². The summed E-state index contributed by atoms with van der Waals surface area (Å²) in [5.74, 6) is 0.484. The molecule has 0 radical (unpaired) electrons. The standard InChI is InChI=1S/C15H14IN3O3/c1-17-11-5-3-10(14(9-11)19(20)21)4-6-12-13(16)7-8-18-15(12)22-2/h3-9,17H,1-2H3/b6-4+. The van der Waals surface area contributed by atoms with E-state index in [1.807, 2.05) is 6.07 Å². The first kappa shape index (κ1) is 16.2. The molecule has 22 heavy (non-hydrogen) atoms. The van der Waals surface area contributed by atoms with Crippen LogP contribution in [-0.4, -0.2) is 24.1 Å². The van der Waals surface area contributed by atoms with Gasteiger partial charge < -0.3 is 10.1 Å². The van der Waals surface area contributed by atoms with E-state index in [1.165, 1.54) is 6.07 Å². The van der Waals surface area contributed by atoms with Crippen molar-refractivity contribution in [1.82, 2.24) is 4.98 Å². The first-order valence-corrected chi connectivity index (χ1v) is 7.47. The number of nitrogens with one attached hydrogen (secondary N) is 1. The quantitative estimate of drug-likeness (QED) is 0.460. The fourth-order valence-corrected chi connectivity index (χ4v) is 2.49. The van der Waals surface area contributed by atoms with Crippen molar-refractivity contribution in [2.45, 2.75) is 0 Å². The van der Waals surface area contributed by atoms with Gasteiger partial charge in [-0.05, 0) is 52.9 Å². The predicted octanol–water partition coefficient (Wildman–Crippen LogP) is 3.82. The summed E-state index contributed by atoms with van der Waals surface area (Å²) in [6.07, 6.45) is 5.12. The number of nitro groups is 1. The molecule has 0 saturated heterocycles. The number of halogens is 1. The zero-order valence-electron chi connectivity index (χ0n) is 12.0. The van der Waals surface area contributed by atoms with Gasteiger partial charge in [0.1, 0.15) is 0 Å². The molecule has 1 N–H and O–H groups in total. The molecule has 0 spiro atoms. The average molecular weight is 411 g/mol. The van der Waals surface area contributed by atoms with Gasteiger partial charge in [0.2, 0.25) is 5.88 Å². The molecular formula is C15H14IN3O3. The zero-order chi connectivity index (χ0) is 16.1. The Morgan fingerprint density at radius 1 is 1.36 bits per heavy atom. The SMILES string of the molecule is CNc1ccc(/C=C/c2c(I)ccnc2OC)c([N+](=O)[O-])c1. The number of hydrogen-bond donors (Lipinski definition) is 1. The second-order valence-electron chi connectivity index (χ2n) is 4.33. The third-order valence-electron chi connectivity index (χ3n) is 3.04. The van der Waals surface area contributed by atoms with Crippen LogP contribution in [0, 0.1) is 13.7 Å². The van der Waals surface area contributed by atoms with E-state index in [9.17, 15) is 10.1 Å². The Morgan fingerprint density at radius 2 is 2.14 bits per heavy atom. The van der Waals surface area contributed by atoms with Crippen LogP contribution in [0.4, 0.5) is 11.4 Å². The predicted molar refractivity (Wildman–Crippen MR) is 95.1 cm³/mol. The Labute approximate surface area is 141 Å².